The molecule has 0 saturated heterocycles. The van der Waals surface area contributed by atoms with Gasteiger partial charge in [-0.25, -0.2) is 4.98 Å². The number of carbonyl (C=O) groups excluding carboxylic acids is 1. The number of benzene rings is 2. The largest absolute Gasteiger partial charge is 0.340 e. The Kier molecular flexibility index (Phi) is 3.94. The van der Waals surface area contributed by atoms with Crippen LogP contribution < -0.4 is 0 Å². The normalized spacial score (nSPS) is 12.8. The van der Waals surface area contributed by atoms with Crippen LogP contribution in [-0.2, 0) is 5.41 Å². The van der Waals surface area contributed by atoms with Gasteiger partial charge in [-0.2, -0.15) is 5.26 Å². The first kappa shape index (κ1) is 15.9. The number of imidazole rings is 1. The summed E-state index contributed by atoms with van der Waals surface area (Å²) < 4.78 is 0. The molecule has 0 bridgehead atoms. The molecule has 2 aromatic carbocycles. The summed E-state index contributed by atoms with van der Waals surface area (Å²) in [6.45, 7) is 6.36. The molecule has 4 nitrogen and oxygen atoms in total. The van der Waals surface area contributed by atoms with E-state index in [1.165, 1.54) is 0 Å². The van der Waals surface area contributed by atoms with Crippen molar-refractivity contribution in [3.05, 3.63) is 65.5 Å². The first-order valence-corrected chi connectivity index (χ1v) is 7.89. The van der Waals surface area contributed by atoms with Crippen molar-refractivity contribution in [3.63, 3.8) is 0 Å². The monoisotopic (exact) mass is 317 g/mol. The molecule has 4 heteroatoms. The third-order valence-electron chi connectivity index (χ3n) is 4.11. The number of nitrogens with one attached hydrogen (secondary N) is 1. The Morgan fingerprint density at radius 1 is 1.12 bits per heavy atom. The molecule has 1 atom stereocenters. The Bertz CT molecular complexity index is 891. The van der Waals surface area contributed by atoms with Crippen molar-refractivity contribution in [2.45, 2.75) is 32.1 Å². The lowest BCUT2D eigenvalue weighted by Crippen LogP contribution is -2.14. The van der Waals surface area contributed by atoms with Gasteiger partial charge in [-0.1, -0.05) is 57.2 Å². The Labute approximate surface area is 141 Å². The van der Waals surface area contributed by atoms with Crippen LogP contribution in [0.15, 0.2) is 48.5 Å². The zero-order valence-electron chi connectivity index (χ0n) is 14.0. The average molecular weight is 317 g/mol. The number of carbonyl (C=O) groups is 1. The molecule has 0 aliphatic carbocycles. The van der Waals surface area contributed by atoms with Crippen molar-refractivity contribution in [2.75, 3.05) is 0 Å². The van der Waals surface area contributed by atoms with Gasteiger partial charge >= 0.3 is 0 Å². The van der Waals surface area contributed by atoms with Gasteiger partial charge in [0.25, 0.3) is 0 Å². The van der Waals surface area contributed by atoms with E-state index in [1.54, 1.807) is 12.1 Å². The first-order chi connectivity index (χ1) is 11.4. The standard InChI is InChI=1S/C20H19N3O/c1-20(2,3)14-10-8-13(9-11-14)18(24)15(12-21)19-22-16-6-4-5-7-17(16)23-19/h4-11,15H,1-3H3,(H,22,23). The summed E-state index contributed by atoms with van der Waals surface area (Å²) in [4.78, 5) is 20.2. The number of aromatic amines is 1. The minimum absolute atomic E-state index is 0.0228. The van der Waals surface area contributed by atoms with Gasteiger partial charge in [-0.15, -0.1) is 0 Å². The summed E-state index contributed by atoms with van der Waals surface area (Å²) >= 11 is 0. The van der Waals surface area contributed by atoms with E-state index < -0.39 is 5.92 Å². The molecule has 24 heavy (non-hydrogen) atoms. The number of hydrogen-bond acceptors (Lipinski definition) is 3. The molecule has 1 N–H and O–H groups in total. The van der Waals surface area contributed by atoms with Crippen LogP contribution in [0.25, 0.3) is 11.0 Å². The smallest absolute Gasteiger partial charge is 0.187 e. The summed E-state index contributed by atoms with van der Waals surface area (Å²) in [7, 11) is 0. The zero-order valence-corrected chi connectivity index (χ0v) is 14.0. The number of nitrogens with zero attached hydrogens (tertiary/aromatic N) is 2. The Morgan fingerprint density at radius 2 is 1.79 bits per heavy atom. The van der Waals surface area contributed by atoms with Gasteiger partial charge in [0.05, 0.1) is 17.1 Å². The molecule has 0 aliphatic heterocycles. The van der Waals surface area contributed by atoms with Crippen LogP contribution >= 0.6 is 0 Å². The predicted octanol–water partition coefficient (Wildman–Crippen LogP) is 4.35. The Morgan fingerprint density at radius 3 is 2.38 bits per heavy atom. The van der Waals surface area contributed by atoms with Gasteiger partial charge < -0.3 is 4.98 Å². The van der Waals surface area contributed by atoms with Crippen molar-refractivity contribution in [1.29, 1.82) is 5.26 Å². The van der Waals surface area contributed by atoms with Gasteiger partial charge in [-0.05, 0) is 23.1 Å². The third kappa shape index (κ3) is 2.93. The molecule has 3 aromatic rings. The maximum Gasteiger partial charge on any atom is 0.187 e. The summed E-state index contributed by atoms with van der Waals surface area (Å²) in [5.74, 6) is -0.779. The molecule has 1 unspecified atom stereocenters. The van der Waals surface area contributed by atoms with E-state index in [1.807, 2.05) is 36.4 Å². The number of hydrogen-bond donors (Lipinski definition) is 1. The highest BCUT2D eigenvalue weighted by atomic mass is 16.1. The summed E-state index contributed by atoms with van der Waals surface area (Å²) in [6, 6.07) is 17.0. The second-order valence-corrected chi connectivity index (χ2v) is 6.89. The predicted molar refractivity (Wildman–Crippen MR) is 93.9 cm³/mol. The Balaban J connectivity index is 1.93. The minimum Gasteiger partial charge on any atom is -0.340 e. The van der Waals surface area contributed by atoms with Gasteiger partial charge in [0.15, 0.2) is 11.7 Å². The number of aromatic nitrogens is 2. The molecule has 0 fully saturated rings. The molecular formula is C20H19N3O. The molecule has 0 aliphatic rings. The van der Waals surface area contributed by atoms with E-state index >= 15 is 0 Å². The molecule has 0 spiro atoms. The summed E-state index contributed by atoms with van der Waals surface area (Å²) in [6.07, 6.45) is 0. The van der Waals surface area contributed by atoms with Gasteiger partial charge in [0.1, 0.15) is 5.82 Å². The zero-order chi connectivity index (χ0) is 17.3. The molecule has 3 rings (SSSR count). The first-order valence-electron chi connectivity index (χ1n) is 7.89. The average Bonchev–Trinajstić information content (AvgIpc) is 2.98. The number of rotatable bonds is 3. The topological polar surface area (TPSA) is 69.5 Å². The van der Waals surface area contributed by atoms with E-state index in [4.69, 9.17) is 0 Å². The highest BCUT2D eigenvalue weighted by molar-refractivity contribution is 6.02. The fourth-order valence-corrected chi connectivity index (χ4v) is 2.65. The van der Waals surface area contributed by atoms with Crippen LogP contribution in [0.5, 0.6) is 0 Å². The highest BCUT2D eigenvalue weighted by Crippen LogP contribution is 2.25. The molecular weight excluding hydrogens is 298 g/mol. The summed E-state index contributed by atoms with van der Waals surface area (Å²) in [5.41, 5.74) is 3.27. The lowest BCUT2D eigenvalue weighted by Gasteiger charge is -2.19. The van der Waals surface area contributed by atoms with Crippen molar-refractivity contribution < 1.29 is 4.79 Å². The molecule has 0 saturated carbocycles. The van der Waals surface area contributed by atoms with Crippen LogP contribution in [0.1, 0.15) is 48.4 Å². The van der Waals surface area contributed by atoms with Crippen molar-refractivity contribution in [1.82, 2.24) is 9.97 Å². The van der Waals surface area contributed by atoms with Crippen LogP contribution in [0.4, 0.5) is 0 Å². The van der Waals surface area contributed by atoms with E-state index in [2.05, 4.69) is 36.8 Å². The number of nitriles is 1. The van der Waals surface area contributed by atoms with E-state index in [-0.39, 0.29) is 11.2 Å². The molecule has 120 valence electrons. The van der Waals surface area contributed by atoms with Crippen molar-refractivity contribution in [2.24, 2.45) is 0 Å². The lowest BCUT2D eigenvalue weighted by atomic mass is 9.86. The fourth-order valence-electron chi connectivity index (χ4n) is 2.65. The van der Waals surface area contributed by atoms with E-state index in [0.717, 1.165) is 16.6 Å². The maximum atomic E-state index is 12.7. The molecule has 0 radical (unpaired) electrons. The minimum atomic E-state index is -0.933. The van der Waals surface area contributed by atoms with Crippen LogP contribution in [0.2, 0.25) is 0 Å². The molecule has 0 amide bonds. The molecule has 1 heterocycles. The van der Waals surface area contributed by atoms with Crippen LogP contribution in [0, 0.1) is 11.3 Å². The number of H-pyrrole nitrogens is 1. The second-order valence-electron chi connectivity index (χ2n) is 6.89. The number of para-hydroxylation sites is 2. The number of ketones is 1. The van der Waals surface area contributed by atoms with E-state index in [9.17, 15) is 10.1 Å². The SMILES string of the molecule is CC(C)(C)c1ccc(C(=O)C(C#N)c2nc3ccccc3[nH]2)cc1. The van der Waals surface area contributed by atoms with E-state index in [0.29, 0.717) is 11.4 Å². The molecule has 1 aromatic heterocycles. The Hall–Kier alpha value is -2.93. The third-order valence-corrected chi connectivity index (χ3v) is 4.11. The van der Waals surface area contributed by atoms with Gasteiger partial charge in [-0.3, -0.25) is 4.79 Å². The van der Waals surface area contributed by atoms with Gasteiger partial charge in [0.2, 0.25) is 0 Å². The maximum absolute atomic E-state index is 12.7. The summed E-state index contributed by atoms with van der Waals surface area (Å²) in [5, 5.41) is 9.49. The van der Waals surface area contributed by atoms with Crippen LogP contribution in [-0.4, -0.2) is 15.8 Å². The number of Topliss-reactive ketones (excluding diaryl/α,β-unsaturated/α-hetero) is 1. The van der Waals surface area contributed by atoms with Crippen LogP contribution in [0.3, 0.4) is 0 Å². The quantitative estimate of drug-likeness (QED) is 0.730. The van der Waals surface area contributed by atoms with Gasteiger partial charge in [0, 0.05) is 5.56 Å². The fraction of sp³-hybridized carbons (Fsp3) is 0.250. The number of fused-ring (bicyclic) bond motifs is 1. The second kappa shape index (κ2) is 5.93. The highest BCUT2D eigenvalue weighted by Gasteiger charge is 2.25. The van der Waals surface area contributed by atoms with Crippen molar-refractivity contribution >= 4 is 16.8 Å². The van der Waals surface area contributed by atoms with Crippen molar-refractivity contribution in [3.8, 4) is 6.07 Å². The lowest BCUT2D eigenvalue weighted by molar-refractivity contribution is 0.0976.